The van der Waals surface area contributed by atoms with Crippen molar-refractivity contribution in [3.63, 3.8) is 0 Å². The van der Waals surface area contributed by atoms with Crippen molar-refractivity contribution in [3.8, 4) is 6.01 Å². The van der Waals surface area contributed by atoms with Gasteiger partial charge >= 0.3 is 6.01 Å². The van der Waals surface area contributed by atoms with Crippen LogP contribution in [0.15, 0.2) is 0 Å². The van der Waals surface area contributed by atoms with Crippen molar-refractivity contribution in [3.05, 3.63) is 0 Å². The molecule has 1 N–H and O–H groups in total. The van der Waals surface area contributed by atoms with Gasteiger partial charge in [0.1, 0.15) is 5.60 Å². The summed E-state index contributed by atoms with van der Waals surface area (Å²) in [5, 5.41) is 3.15. The number of anilines is 2. The first-order chi connectivity index (χ1) is 9.54. The standard InChI is InChI=1S/C14H25N5O/c1-5-14(3,4)20-13-17-11(15-6-2)16-12(18-13)19-9-7-8-10-19/h5-10H2,1-4H3,(H,15,16,17,18). The summed E-state index contributed by atoms with van der Waals surface area (Å²) in [6.07, 6.45) is 3.28. The number of aromatic nitrogens is 3. The van der Waals surface area contributed by atoms with Gasteiger partial charge in [0.05, 0.1) is 0 Å². The number of rotatable bonds is 6. The van der Waals surface area contributed by atoms with Gasteiger partial charge in [-0.1, -0.05) is 6.92 Å². The van der Waals surface area contributed by atoms with Gasteiger partial charge in [0, 0.05) is 19.6 Å². The Morgan fingerprint density at radius 3 is 2.45 bits per heavy atom. The number of nitrogens with one attached hydrogen (secondary N) is 1. The Morgan fingerprint density at radius 2 is 1.85 bits per heavy atom. The van der Waals surface area contributed by atoms with Gasteiger partial charge < -0.3 is 15.0 Å². The third kappa shape index (κ3) is 3.71. The summed E-state index contributed by atoms with van der Waals surface area (Å²) in [4.78, 5) is 15.5. The molecule has 112 valence electrons. The van der Waals surface area contributed by atoms with Crippen LogP contribution in [-0.2, 0) is 0 Å². The van der Waals surface area contributed by atoms with E-state index in [2.05, 4.69) is 32.1 Å². The lowest BCUT2D eigenvalue weighted by atomic mass is 10.1. The van der Waals surface area contributed by atoms with E-state index >= 15 is 0 Å². The summed E-state index contributed by atoms with van der Waals surface area (Å²) in [7, 11) is 0. The normalized spacial score (nSPS) is 15.5. The molecule has 1 aromatic heterocycles. The summed E-state index contributed by atoms with van der Waals surface area (Å²) < 4.78 is 5.91. The van der Waals surface area contributed by atoms with Gasteiger partial charge in [-0.15, -0.1) is 0 Å². The largest absolute Gasteiger partial charge is 0.457 e. The van der Waals surface area contributed by atoms with Crippen molar-refractivity contribution >= 4 is 11.9 Å². The van der Waals surface area contributed by atoms with Gasteiger partial charge in [0.15, 0.2) is 0 Å². The predicted molar refractivity (Wildman–Crippen MR) is 80.4 cm³/mol. The third-order valence-electron chi connectivity index (χ3n) is 3.55. The Labute approximate surface area is 121 Å². The van der Waals surface area contributed by atoms with E-state index < -0.39 is 0 Å². The Balaban J connectivity index is 2.25. The summed E-state index contributed by atoms with van der Waals surface area (Å²) in [6.45, 7) is 11.0. The molecule has 6 heteroatoms. The fourth-order valence-corrected chi connectivity index (χ4v) is 2.01. The second-order valence-electron chi connectivity index (χ2n) is 5.68. The molecular formula is C14H25N5O. The SMILES string of the molecule is CCNc1nc(OC(C)(C)CC)nc(N2CCCC2)n1. The van der Waals surface area contributed by atoms with Crippen molar-refractivity contribution in [2.24, 2.45) is 0 Å². The van der Waals surface area contributed by atoms with Crippen molar-refractivity contribution in [1.29, 1.82) is 0 Å². The summed E-state index contributed by atoms with van der Waals surface area (Å²) in [5.74, 6) is 1.31. The number of ether oxygens (including phenoxy) is 1. The molecule has 1 aliphatic heterocycles. The number of hydrogen-bond acceptors (Lipinski definition) is 6. The molecule has 6 nitrogen and oxygen atoms in total. The molecule has 0 spiro atoms. The van der Waals surface area contributed by atoms with Gasteiger partial charge in [-0.05, 0) is 40.0 Å². The fourth-order valence-electron chi connectivity index (χ4n) is 2.01. The average Bonchev–Trinajstić information content (AvgIpc) is 2.92. The Hall–Kier alpha value is -1.59. The Morgan fingerprint density at radius 1 is 1.15 bits per heavy atom. The van der Waals surface area contributed by atoms with Gasteiger partial charge in [-0.25, -0.2) is 0 Å². The van der Waals surface area contributed by atoms with Crippen molar-refractivity contribution in [2.75, 3.05) is 29.9 Å². The second-order valence-corrected chi connectivity index (χ2v) is 5.68. The van der Waals surface area contributed by atoms with E-state index in [1.54, 1.807) is 0 Å². The summed E-state index contributed by atoms with van der Waals surface area (Å²) in [6, 6.07) is 0.407. The topological polar surface area (TPSA) is 63.2 Å². The lowest BCUT2D eigenvalue weighted by Crippen LogP contribution is -2.29. The van der Waals surface area contributed by atoms with Crippen LogP contribution in [0, 0.1) is 0 Å². The molecule has 0 radical (unpaired) electrons. The van der Waals surface area contributed by atoms with E-state index in [-0.39, 0.29) is 5.60 Å². The third-order valence-corrected chi connectivity index (χ3v) is 3.55. The number of nitrogens with zero attached hydrogens (tertiary/aromatic N) is 4. The minimum Gasteiger partial charge on any atom is -0.457 e. The van der Waals surface area contributed by atoms with Gasteiger partial charge in [-0.3, -0.25) is 0 Å². The van der Waals surface area contributed by atoms with Crippen molar-refractivity contribution in [2.45, 2.75) is 52.6 Å². The number of hydrogen-bond donors (Lipinski definition) is 1. The molecule has 0 atom stereocenters. The molecule has 0 unspecified atom stereocenters. The van der Waals surface area contributed by atoms with Crippen LogP contribution in [0.2, 0.25) is 0 Å². The minimum atomic E-state index is -0.271. The van der Waals surface area contributed by atoms with Crippen LogP contribution in [0.25, 0.3) is 0 Å². The maximum Gasteiger partial charge on any atom is 0.323 e. The monoisotopic (exact) mass is 279 g/mol. The predicted octanol–water partition coefficient (Wildman–Crippen LogP) is 2.47. The molecule has 1 aromatic rings. The van der Waals surface area contributed by atoms with Gasteiger partial charge in [0.25, 0.3) is 0 Å². The maximum absolute atomic E-state index is 5.91. The smallest absolute Gasteiger partial charge is 0.323 e. The molecule has 1 aliphatic rings. The van der Waals surface area contributed by atoms with E-state index in [4.69, 9.17) is 4.74 Å². The zero-order valence-corrected chi connectivity index (χ0v) is 12.9. The van der Waals surface area contributed by atoms with E-state index in [1.807, 2.05) is 20.8 Å². The van der Waals surface area contributed by atoms with Crippen molar-refractivity contribution in [1.82, 2.24) is 15.0 Å². The molecule has 0 aromatic carbocycles. The van der Waals surface area contributed by atoms with Crippen LogP contribution in [0.1, 0.15) is 47.0 Å². The fraction of sp³-hybridized carbons (Fsp3) is 0.786. The molecule has 20 heavy (non-hydrogen) atoms. The first-order valence-corrected chi connectivity index (χ1v) is 7.48. The zero-order valence-electron chi connectivity index (χ0n) is 12.9. The molecule has 2 heterocycles. The highest BCUT2D eigenvalue weighted by molar-refractivity contribution is 5.39. The van der Waals surface area contributed by atoms with Crippen LogP contribution in [0.4, 0.5) is 11.9 Å². The van der Waals surface area contributed by atoms with Crippen LogP contribution >= 0.6 is 0 Å². The van der Waals surface area contributed by atoms with E-state index in [0.717, 1.165) is 32.0 Å². The van der Waals surface area contributed by atoms with Crippen molar-refractivity contribution < 1.29 is 4.74 Å². The van der Waals surface area contributed by atoms with E-state index in [9.17, 15) is 0 Å². The van der Waals surface area contributed by atoms with E-state index in [0.29, 0.717) is 12.0 Å². The highest BCUT2D eigenvalue weighted by Gasteiger charge is 2.22. The quantitative estimate of drug-likeness (QED) is 0.863. The first kappa shape index (κ1) is 14.8. The lowest BCUT2D eigenvalue weighted by Gasteiger charge is -2.24. The molecule has 0 bridgehead atoms. The van der Waals surface area contributed by atoms with Crippen LogP contribution in [0.5, 0.6) is 6.01 Å². The first-order valence-electron chi connectivity index (χ1n) is 7.48. The molecule has 1 fully saturated rings. The zero-order chi connectivity index (χ0) is 14.6. The average molecular weight is 279 g/mol. The molecular weight excluding hydrogens is 254 g/mol. The Bertz CT molecular complexity index is 443. The van der Waals surface area contributed by atoms with Crippen LogP contribution < -0.4 is 15.0 Å². The summed E-state index contributed by atoms with van der Waals surface area (Å²) >= 11 is 0. The molecule has 0 amide bonds. The maximum atomic E-state index is 5.91. The molecule has 1 saturated heterocycles. The van der Waals surface area contributed by atoms with Gasteiger partial charge in [-0.2, -0.15) is 15.0 Å². The second kappa shape index (κ2) is 6.24. The van der Waals surface area contributed by atoms with Crippen LogP contribution in [-0.4, -0.2) is 40.2 Å². The summed E-state index contributed by atoms with van der Waals surface area (Å²) in [5.41, 5.74) is -0.271. The highest BCUT2D eigenvalue weighted by atomic mass is 16.5. The minimum absolute atomic E-state index is 0.271. The van der Waals surface area contributed by atoms with E-state index in [1.165, 1.54) is 12.8 Å². The Kier molecular flexibility index (Phi) is 4.62. The molecule has 0 aliphatic carbocycles. The molecule has 2 rings (SSSR count). The highest BCUT2D eigenvalue weighted by Crippen LogP contribution is 2.22. The molecule has 0 saturated carbocycles. The van der Waals surface area contributed by atoms with Gasteiger partial charge in [0.2, 0.25) is 11.9 Å². The van der Waals surface area contributed by atoms with Crippen LogP contribution in [0.3, 0.4) is 0 Å². The lowest BCUT2D eigenvalue weighted by molar-refractivity contribution is 0.0925.